The van der Waals surface area contributed by atoms with E-state index in [2.05, 4.69) is 4.57 Å². The van der Waals surface area contributed by atoms with Crippen LogP contribution in [0.15, 0.2) is 42.6 Å². The highest BCUT2D eigenvalue weighted by Crippen LogP contribution is 2.46. The third kappa shape index (κ3) is 5.46. The molecule has 2 aromatic carbocycles. The average molecular weight is 560 g/mol. The zero-order chi connectivity index (χ0) is 28.6. The van der Waals surface area contributed by atoms with Crippen LogP contribution in [0.25, 0.3) is 10.9 Å². The van der Waals surface area contributed by atoms with Crippen LogP contribution in [-0.4, -0.2) is 53.8 Å². The van der Waals surface area contributed by atoms with Crippen molar-refractivity contribution < 1.29 is 31.9 Å². The van der Waals surface area contributed by atoms with E-state index in [1.807, 2.05) is 41.5 Å². The topological polar surface area (TPSA) is 63.6 Å². The number of hydrogen-bond donors (Lipinski definition) is 1. The number of likely N-dealkylation sites (tertiary alicyclic amines) is 1. The maximum Gasteiger partial charge on any atom is 0.471 e. The van der Waals surface area contributed by atoms with Crippen LogP contribution in [0, 0.1) is 18.7 Å². The SMILES string of the molecule is COCCn1cc(C(=O)N2CCCC3CC(c4cc(CNC(=O)C(F)(F)F)ccc4F)CC32)c2cccc(C)c21. The number of hydrogen-bond acceptors (Lipinski definition) is 3. The number of methoxy groups -OCH3 is 1. The molecule has 2 heterocycles. The number of alkyl halides is 3. The van der Waals surface area contributed by atoms with Gasteiger partial charge in [0.15, 0.2) is 0 Å². The van der Waals surface area contributed by atoms with Crippen molar-refractivity contribution in [3.8, 4) is 0 Å². The van der Waals surface area contributed by atoms with E-state index in [1.165, 1.54) is 12.1 Å². The number of rotatable bonds is 7. The summed E-state index contributed by atoms with van der Waals surface area (Å²) in [6.45, 7) is 3.44. The van der Waals surface area contributed by atoms with Crippen molar-refractivity contribution in [1.29, 1.82) is 0 Å². The molecule has 1 aliphatic carbocycles. The summed E-state index contributed by atoms with van der Waals surface area (Å²) < 4.78 is 60.1. The van der Waals surface area contributed by atoms with Crippen molar-refractivity contribution in [3.63, 3.8) is 0 Å². The number of benzene rings is 2. The number of carbonyl (C=O) groups excluding carboxylic acids is 2. The van der Waals surface area contributed by atoms with Gasteiger partial charge in [0, 0.05) is 44.4 Å². The molecule has 6 nitrogen and oxygen atoms in total. The second-order valence-corrected chi connectivity index (χ2v) is 10.9. The molecule has 1 N–H and O–H groups in total. The van der Waals surface area contributed by atoms with Gasteiger partial charge in [-0.15, -0.1) is 0 Å². The lowest BCUT2D eigenvalue weighted by molar-refractivity contribution is -0.173. The Kier molecular flexibility index (Phi) is 7.90. The lowest BCUT2D eigenvalue weighted by atomic mass is 9.90. The van der Waals surface area contributed by atoms with Crippen LogP contribution in [0.3, 0.4) is 0 Å². The van der Waals surface area contributed by atoms with Crippen molar-refractivity contribution in [1.82, 2.24) is 14.8 Å². The minimum Gasteiger partial charge on any atom is -0.383 e. The number of nitrogens with one attached hydrogen (secondary N) is 1. The van der Waals surface area contributed by atoms with E-state index in [0.29, 0.717) is 49.2 Å². The molecule has 3 unspecified atom stereocenters. The monoisotopic (exact) mass is 559 g/mol. The molecule has 3 atom stereocenters. The van der Waals surface area contributed by atoms with Crippen molar-refractivity contribution in [2.45, 2.75) is 63.8 Å². The fourth-order valence-electron chi connectivity index (χ4n) is 6.53. The zero-order valence-corrected chi connectivity index (χ0v) is 22.6. The first kappa shape index (κ1) is 28.1. The van der Waals surface area contributed by atoms with Crippen LogP contribution < -0.4 is 5.32 Å². The lowest BCUT2D eigenvalue weighted by Crippen LogP contribution is -2.46. The van der Waals surface area contributed by atoms with E-state index in [0.717, 1.165) is 29.3 Å². The molecule has 0 radical (unpaired) electrons. The number of amides is 2. The Hall–Kier alpha value is -3.40. The van der Waals surface area contributed by atoms with Gasteiger partial charge in [-0.1, -0.05) is 30.3 Å². The van der Waals surface area contributed by atoms with Gasteiger partial charge < -0.3 is 19.5 Å². The van der Waals surface area contributed by atoms with Gasteiger partial charge in [-0.25, -0.2) is 4.39 Å². The van der Waals surface area contributed by atoms with Gasteiger partial charge in [0.05, 0.1) is 17.7 Å². The average Bonchev–Trinajstić information content (AvgIpc) is 3.52. The van der Waals surface area contributed by atoms with Crippen LogP contribution in [-0.2, 0) is 22.6 Å². The van der Waals surface area contributed by atoms with Gasteiger partial charge in [-0.3, -0.25) is 9.59 Å². The Morgan fingerprint density at radius 3 is 2.70 bits per heavy atom. The van der Waals surface area contributed by atoms with Crippen LogP contribution in [0.4, 0.5) is 17.6 Å². The number of halogens is 4. The first-order chi connectivity index (χ1) is 19.1. The van der Waals surface area contributed by atoms with E-state index < -0.39 is 17.9 Å². The second-order valence-electron chi connectivity index (χ2n) is 10.9. The lowest BCUT2D eigenvalue weighted by Gasteiger charge is -2.37. The summed E-state index contributed by atoms with van der Waals surface area (Å²) in [4.78, 5) is 27.2. The van der Waals surface area contributed by atoms with Crippen LogP contribution in [0.2, 0.25) is 0 Å². The number of aromatic nitrogens is 1. The van der Waals surface area contributed by atoms with Gasteiger partial charge in [0.2, 0.25) is 0 Å². The Morgan fingerprint density at radius 1 is 1.15 bits per heavy atom. The Morgan fingerprint density at radius 2 is 1.95 bits per heavy atom. The Bertz CT molecular complexity index is 1420. The summed E-state index contributed by atoms with van der Waals surface area (Å²) in [7, 11) is 1.64. The van der Waals surface area contributed by atoms with Crippen LogP contribution in [0.1, 0.15) is 58.6 Å². The third-order valence-corrected chi connectivity index (χ3v) is 8.37. The molecule has 1 saturated carbocycles. The van der Waals surface area contributed by atoms with E-state index in [9.17, 15) is 27.2 Å². The van der Waals surface area contributed by atoms with Gasteiger partial charge >= 0.3 is 12.1 Å². The largest absolute Gasteiger partial charge is 0.471 e. The first-order valence-corrected chi connectivity index (χ1v) is 13.6. The molecule has 10 heteroatoms. The number of ether oxygens (including phenoxy) is 1. The Labute approximate surface area is 230 Å². The number of para-hydroxylation sites is 1. The minimum absolute atomic E-state index is 0.0359. The summed E-state index contributed by atoms with van der Waals surface area (Å²) in [5.74, 6) is -2.46. The summed E-state index contributed by atoms with van der Waals surface area (Å²) in [5.41, 5.74) is 3.56. The molecule has 5 rings (SSSR count). The summed E-state index contributed by atoms with van der Waals surface area (Å²) in [6.07, 6.45) is -0.0106. The van der Waals surface area contributed by atoms with E-state index >= 15 is 0 Å². The van der Waals surface area contributed by atoms with E-state index in [1.54, 1.807) is 13.2 Å². The highest BCUT2D eigenvalue weighted by atomic mass is 19.4. The predicted octanol–water partition coefficient (Wildman–Crippen LogP) is 5.71. The number of piperidine rings is 1. The highest BCUT2D eigenvalue weighted by Gasteiger charge is 2.43. The quantitative estimate of drug-likeness (QED) is 0.377. The predicted molar refractivity (Wildman–Crippen MR) is 142 cm³/mol. The molecule has 214 valence electrons. The molecule has 0 spiro atoms. The summed E-state index contributed by atoms with van der Waals surface area (Å²) in [5, 5.41) is 2.75. The first-order valence-electron chi connectivity index (χ1n) is 13.6. The number of fused-ring (bicyclic) bond motifs is 2. The molecule has 3 aromatic rings. The number of carbonyl (C=O) groups is 2. The zero-order valence-electron chi connectivity index (χ0n) is 22.6. The van der Waals surface area contributed by atoms with Crippen molar-refractivity contribution in [2.75, 3.05) is 20.3 Å². The highest BCUT2D eigenvalue weighted by molar-refractivity contribution is 6.07. The molecule has 1 aromatic heterocycles. The minimum atomic E-state index is -4.98. The van der Waals surface area contributed by atoms with Crippen molar-refractivity contribution in [2.24, 2.45) is 5.92 Å². The Balaban J connectivity index is 1.37. The fourth-order valence-corrected chi connectivity index (χ4v) is 6.53. The summed E-state index contributed by atoms with van der Waals surface area (Å²) >= 11 is 0. The van der Waals surface area contributed by atoms with Gasteiger partial charge in [-0.05, 0) is 67.2 Å². The smallest absolute Gasteiger partial charge is 0.383 e. The van der Waals surface area contributed by atoms with Crippen molar-refractivity contribution >= 4 is 22.7 Å². The second kappa shape index (κ2) is 11.2. The summed E-state index contributed by atoms with van der Waals surface area (Å²) in [6, 6.07) is 10.1. The molecule has 2 fully saturated rings. The molecule has 40 heavy (non-hydrogen) atoms. The third-order valence-electron chi connectivity index (χ3n) is 8.37. The van der Waals surface area contributed by atoms with Gasteiger partial charge in [-0.2, -0.15) is 13.2 Å². The maximum absolute atomic E-state index is 15.0. The molecule has 2 aliphatic rings. The molecule has 1 saturated heterocycles. The number of nitrogens with zero attached hydrogens (tertiary/aromatic N) is 2. The van der Waals surface area contributed by atoms with E-state index in [-0.39, 0.29) is 30.3 Å². The molecule has 2 amide bonds. The molecular weight excluding hydrogens is 526 g/mol. The van der Waals surface area contributed by atoms with Gasteiger partial charge in [0.1, 0.15) is 5.82 Å². The number of aryl methyl sites for hydroxylation is 1. The van der Waals surface area contributed by atoms with Crippen molar-refractivity contribution in [3.05, 3.63) is 70.7 Å². The van der Waals surface area contributed by atoms with Gasteiger partial charge in [0.25, 0.3) is 5.91 Å². The fraction of sp³-hybridized carbons (Fsp3) is 0.467. The van der Waals surface area contributed by atoms with Crippen LogP contribution in [0.5, 0.6) is 0 Å². The maximum atomic E-state index is 15.0. The molecule has 1 aliphatic heterocycles. The van der Waals surface area contributed by atoms with E-state index in [4.69, 9.17) is 4.74 Å². The van der Waals surface area contributed by atoms with Crippen LogP contribution >= 0.6 is 0 Å². The normalized spacial score (nSPS) is 21.1. The molecule has 0 bridgehead atoms. The standard InChI is InChI=1S/C30H33F4N3O3/c1-18-5-3-7-22-24(17-36(27(18)22)11-12-40-2)28(38)37-10-4-6-20-14-21(15-26(20)37)23-13-19(8-9-25(23)31)16-35-29(39)30(32,33)34/h3,5,7-9,13,17,20-21,26H,4,6,10-12,14-16H2,1-2H3,(H,35,39). The molecular formula is C30H33F4N3O3.